The third kappa shape index (κ3) is 2.42. The minimum Gasteiger partial charge on any atom is -0.469 e. The van der Waals surface area contributed by atoms with Crippen molar-refractivity contribution in [1.82, 2.24) is 9.78 Å². The third-order valence-electron chi connectivity index (χ3n) is 1.88. The van der Waals surface area contributed by atoms with Gasteiger partial charge in [0, 0.05) is 5.69 Å². The van der Waals surface area contributed by atoms with Gasteiger partial charge in [-0.1, -0.05) is 0 Å². The molecule has 0 aromatic carbocycles. The molecule has 0 spiro atoms. The molecule has 0 fully saturated rings. The van der Waals surface area contributed by atoms with Gasteiger partial charge in [0.05, 0.1) is 20.1 Å². The van der Waals surface area contributed by atoms with Crippen LogP contribution < -0.4 is 0 Å². The van der Waals surface area contributed by atoms with Crippen LogP contribution in [0.25, 0.3) is 0 Å². The maximum atomic E-state index is 10.8. The summed E-state index contributed by atoms with van der Waals surface area (Å²) in [7, 11) is 1.34. The number of esters is 1. The zero-order chi connectivity index (χ0) is 10.6. The molecule has 0 saturated carbocycles. The normalized spacial score (nSPS) is 9.86. The number of methoxy groups -OCH3 is 1. The van der Waals surface area contributed by atoms with Gasteiger partial charge in [0.2, 0.25) is 0 Å². The summed E-state index contributed by atoms with van der Waals surface area (Å²) in [6.07, 6.45) is 0.943. The second-order valence-corrected chi connectivity index (χ2v) is 2.88. The van der Waals surface area contributed by atoms with Crippen LogP contribution in [-0.4, -0.2) is 29.1 Å². The van der Waals surface area contributed by atoms with E-state index >= 15 is 0 Å². The van der Waals surface area contributed by atoms with Gasteiger partial charge in [-0.05, 0) is 13.0 Å². The molecule has 5 heteroatoms. The van der Waals surface area contributed by atoms with Crippen molar-refractivity contribution in [1.29, 1.82) is 0 Å². The van der Waals surface area contributed by atoms with E-state index in [1.165, 1.54) is 7.11 Å². The molecule has 1 aromatic rings. The molecule has 1 aromatic heterocycles. The second kappa shape index (κ2) is 4.55. The summed E-state index contributed by atoms with van der Waals surface area (Å²) in [5.74, 6) is -0.285. The van der Waals surface area contributed by atoms with Gasteiger partial charge >= 0.3 is 5.97 Å². The predicted molar refractivity (Wildman–Crippen MR) is 49.0 cm³/mol. The van der Waals surface area contributed by atoms with E-state index in [-0.39, 0.29) is 12.4 Å². The molecule has 0 amide bonds. The van der Waals surface area contributed by atoms with E-state index in [2.05, 4.69) is 9.84 Å². The summed E-state index contributed by atoms with van der Waals surface area (Å²) in [5, 5.41) is 3.98. The van der Waals surface area contributed by atoms with E-state index in [0.717, 1.165) is 5.69 Å². The largest absolute Gasteiger partial charge is 0.469 e. The molecule has 76 valence electrons. The van der Waals surface area contributed by atoms with E-state index in [1.807, 2.05) is 6.92 Å². The Morgan fingerprint density at radius 3 is 2.93 bits per heavy atom. The van der Waals surface area contributed by atoms with Gasteiger partial charge in [0.25, 0.3) is 0 Å². The Balaban J connectivity index is 2.62. The van der Waals surface area contributed by atoms with E-state index in [1.54, 1.807) is 10.7 Å². The van der Waals surface area contributed by atoms with Gasteiger partial charge in [0.1, 0.15) is 5.69 Å². The van der Waals surface area contributed by atoms with E-state index < -0.39 is 0 Å². The molecule has 0 aliphatic rings. The summed E-state index contributed by atoms with van der Waals surface area (Å²) in [6.45, 7) is 2.27. The Labute approximate surface area is 81.7 Å². The number of ether oxygens (including phenoxy) is 1. The van der Waals surface area contributed by atoms with Gasteiger partial charge in [-0.3, -0.25) is 14.3 Å². The SMILES string of the molecule is COC(=O)CCn1nc(C=O)cc1C. The van der Waals surface area contributed by atoms with Crippen molar-refractivity contribution in [3.8, 4) is 0 Å². The number of carbonyl (C=O) groups is 2. The number of aromatic nitrogens is 2. The molecule has 1 heterocycles. The lowest BCUT2D eigenvalue weighted by molar-refractivity contribution is -0.140. The lowest BCUT2D eigenvalue weighted by Crippen LogP contribution is -2.09. The average Bonchev–Trinajstić information content (AvgIpc) is 2.55. The molecule has 0 bridgehead atoms. The Morgan fingerprint density at radius 2 is 2.43 bits per heavy atom. The molecular formula is C9H12N2O3. The van der Waals surface area contributed by atoms with Crippen molar-refractivity contribution >= 4 is 12.3 Å². The van der Waals surface area contributed by atoms with E-state index in [0.29, 0.717) is 18.5 Å². The zero-order valence-electron chi connectivity index (χ0n) is 8.19. The van der Waals surface area contributed by atoms with Crippen LogP contribution in [-0.2, 0) is 16.1 Å². The van der Waals surface area contributed by atoms with Crippen LogP contribution in [0.5, 0.6) is 0 Å². The molecule has 0 N–H and O–H groups in total. The fourth-order valence-corrected chi connectivity index (χ4v) is 1.12. The van der Waals surface area contributed by atoms with E-state index in [9.17, 15) is 9.59 Å². The Hall–Kier alpha value is -1.65. The molecule has 14 heavy (non-hydrogen) atoms. The Morgan fingerprint density at radius 1 is 1.71 bits per heavy atom. The first kappa shape index (κ1) is 10.4. The number of nitrogens with zero attached hydrogens (tertiary/aromatic N) is 2. The van der Waals surface area contributed by atoms with Crippen LogP contribution in [0.2, 0.25) is 0 Å². The number of aryl methyl sites for hydroxylation is 2. The topological polar surface area (TPSA) is 61.2 Å². The maximum Gasteiger partial charge on any atom is 0.307 e. The molecule has 0 aliphatic heterocycles. The number of hydrogen-bond acceptors (Lipinski definition) is 4. The van der Waals surface area contributed by atoms with Crippen molar-refractivity contribution in [3.63, 3.8) is 0 Å². The summed E-state index contributed by atoms with van der Waals surface area (Å²) in [4.78, 5) is 21.2. The molecule has 0 saturated heterocycles. The van der Waals surface area contributed by atoms with Gasteiger partial charge < -0.3 is 4.74 Å². The molecule has 0 unspecified atom stereocenters. The van der Waals surface area contributed by atoms with Crippen LogP contribution in [0.4, 0.5) is 0 Å². The minimum absolute atomic E-state index is 0.261. The molecule has 0 aliphatic carbocycles. The maximum absolute atomic E-state index is 10.8. The van der Waals surface area contributed by atoms with Crippen LogP contribution in [0.1, 0.15) is 22.6 Å². The molecular weight excluding hydrogens is 184 g/mol. The highest BCUT2D eigenvalue weighted by molar-refractivity contribution is 5.71. The number of carbonyl (C=O) groups excluding carboxylic acids is 2. The average molecular weight is 196 g/mol. The van der Waals surface area contributed by atoms with Crippen molar-refractivity contribution in [2.24, 2.45) is 0 Å². The predicted octanol–water partition coefficient (Wildman–Crippen LogP) is 0.567. The molecule has 0 atom stereocenters. The van der Waals surface area contributed by atoms with Crippen molar-refractivity contribution < 1.29 is 14.3 Å². The Kier molecular flexibility index (Phi) is 3.39. The minimum atomic E-state index is -0.285. The first-order chi connectivity index (χ1) is 6.67. The van der Waals surface area contributed by atoms with Gasteiger partial charge in [-0.2, -0.15) is 5.10 Å². The fraction of sp³-hybridized carbons (Fsp3) is 0.444. The molecule has 1 rings (SSSR count). The fourth-order valence-electron chi connectivity index (χ4n) is 1.12. The van der Waals surface area contributed by atoms with Gasteiger partial charge in [0.15, 0.2) is 6.29 Å². The van der Waals surface area contributed by atoms with Crippen LogP contribution in [0.3, 0.4) is 0 Å². The van der Waals surface area contributed by atoms with Gasteiger partial charge in [-0.15, -0.1) is 0 Å². The van der Waals surface area contributed by atoms with Crippen molar-refractivity contribution in [3.05, 3.63) is 17.5 Å². The summed E-state index contributed by atoms with van der Waals surface area (Å²) in [5.41, 5.74) is 1.24. The highest BCUT2D eigenvalue weighted by Gasteiger charge is 2.05. The number of hydrogen-bond donors (Lipinski definition) is 0. The lowest BCUT2D eigenvalue weighted by atomic mass is 10.4. The van der Waals surface area contributed by atoms with Crippen LogP contribution >= 0.6 is 0 Å². The smallest absolute Gasteiger partial charge is 0.307 e. The highest BCUT2D eigenvalue weighted by atomic mass is 16.5. The summed E-state index contributed by atoms with van der Waals surface area (Å²) in [6, 6.07) is 1.67. The number of aldehydes is 1. The van der Waals surface area contributed by atoms with Crippen LogP contribution in [0, 0.1) is 6.92 Å². The number of rotatable bonds is 4. The zero-order valence-corrected chi connectivity index (χ0v) is 8.19. The molecule has 5 nitrogen and oxygen atoms in total. The summed E-state index contributed by atoms with van der Waals surface area (Å²) < 4.78 is 6.11. The first-order valence-corrected chi connectivity index (χ1v) is 4.24. The lowest BCUT2D eigenvalue weighted by Gasteiger charge is -2.02. The quantitative estimate of drug-likeness (QED) is 0.521. The Bertz CT molecular complexity index is 344. The molecule has 0 radical (unpaired) electrons. The van der Waals surface area contributed by atoms with Crippen molar-refractivity contribution in [2.45, 2.75) is 19.9 Å². The monoisotopic (exact) mass is 196 g/mol. The van der Waals surface area contributed by atoms with Gasteiger partial charge in [-0.25, -0.2) is 0 Å². The standard InChI is InChI=1S/C9H12N2O3/c1-7-5-8(6-12)10-11(7)4-3-9(13)14-2/h5-6H,3-4H2,1-2H3. The van der Waals surface area contributed by atoms with E-state index in [4.69, 9.17) is 0 Å². The third-order valence-corrected chi connectivity index (χ3v) is 1.88. The van der Waals surface area contributed by atoms with Crippen molar-refractivity contribution in [2.75, 3.05) is 7.11 Å². The summed E-state index contributed by atoms with van der Waals surface area (Å²) >= 11 is 0. The first-order valence-electron chi connectivity index (χ1n) is 4.24. The highest BCUT2D eigenvalue weighted by Crippen LogP contribution is 2.02. The van der Waals surface area contributed by atoms with Crippen LogP contribution in [0.15, 0.2) is 6.07 Å². The second-order valence-electron chi connectivity index (χ2n) is 2.88.